The molecule has 5 heteroatoms. The van der Waals surface area contributed by atoms with E-state index >= 15 is 0 Å². The summed E-state index contributed by atoms with van der Waals surface area (Å²) in [4.78, 5) is 11.0. The van der Waals surface area contributed by atoms with Crippen LogP contribution in [0.15, 0.2) is 17.0 Å². The highest BCUT2D eigenvalue weighted by molar-refractivity contribution is 7.98. The third kappa shape index (κ3) is 1.82. The first kappa shape index (κ1) is 10.8. The van der Waals surface area contributed by atoms with E-state index in [0.717, 1.165) is 17.8 Å². The van der Waals surface area contributed by atoms with Gasteiger partial charge < -0.3 is 9.84 Å². The van der Waals surface area contributed by atoms with Crippen molar-refractivity contribution in [2.45, 2.75) is 4.90 Å². The second-order valence-corrected chi connectivity index (χ2v) is 3.28. The number of carboxylic acids is 1. The van der Waals surface area contributed by atoms with E-state index in [0.29, 0.717) is 0 Å². The maximum absolute atomic E-state index is 13.2. The highest BCUT2D eigenvalue weighted by Crippen LogP contribution is 2.33. The van der Waals surface area contributed by atoms with E-state index in [4.69, 9.17) is 9.84 Å². The number of carboxylic acid groups (broad SMARTS) is 1. The third-order valence-corrected chi connectivity index (χ3v) is 2.49. The summed E-state index contributed by atoms with van der Waals surface area (Å²) in [7, 11) is 1.32. The fraction of sp³-hybridized carbons (Fsp3) is 0.222. The van der Waals surface area contributed by atoms with Gasteiger partial charge in [0.05, 0.1) is 12.0 Å². The lowest BCUT2D eigenvalue weighted by Gasteiger charge is -2.09. The fourth-order valence-corrected chi connectivity index (χ4v) is 1.74. The molecule has 0 fully saturated rings. The summed E-state index contributed by atoms with van der Waals surface area (Å²) >= 11 is 1.11. The average molecular weight is 216 g/mol. The van der Waals surface area contributed by atoms with Crippen LogP contribution in [0.3, 0.4) is 0 Å². The van der Waals surface area contributed by atoms with Crippen LogP contribution in [0.25, 0.3) is 0 Å². The quantitative estimate of drug-likeness (QED) is 0.787. The van der Waals surface area contributed by atoms with Crippen molar-refractivity contribution in [3.05, 3.63) is 23.5 Å². The van der Waals surface area contributed by atoms with E-state index in [-0.39, 0.29) is 16.2 Å². The molecule has 0 aromatic heterocycles. The van der Waals surface area contributed by atoms with Crippen LogP contribution in [0.5, 0.6) is 5.75 Å². The van der Waals surface area contributed by atoms with E-state index in [1.54, 1.807) is 6.26 Å². The van der Waals surface area contributed by atoms with E-state index in [1.807, 2.05) is 0 Å². The number of rotatable bonds is 3. The van der Waals surface area contributed by atoms with Gasteiger partial charge in [-0.2, -0.15) is 0 Å². The summed E-state index contributed by atoms with van der Waals surface area (Å²) in [5.41, 5.74) is -0.0294. The van der Waals surface area contributed by atoms with E-state index in [9.17, 15) is 9.18 Å². The molecule has 3 nitrogen and oxygen atoms in total. The zero-order valence-electron chi connectivity index (χ0n) is 7.70. The van der Waals surface area contributed by atoms with Crippen LogP contribution in [0.2, 0.25) is 0 Å². The first-order valence-electron chi connectivity index (χ1n) is 3.75. The number of aromatic carboxylic acids is 1. The van der Waals surface area contributed by atoms with Crippen molar-refractivity contribution < 1.29 is 19.0 Å². The normalized spacial score (nSPS) is 9.93. The van der Waals surface area contributed by atoms with E-state index in [1.165, 1.54) is 13.2 Å². The van der Waals surface area contributed by atoms with Crippen LogP contribution in [-0.2, 0) is 0 Å². The molecule has 0 radical (unpaired) electrons. The molecule has 0 aliphatic carbocycles. The molecule has 0 unspecified atom stereocenters. The summed E-state index contributed by atoms with van der Waals surface area (Å²) in [5.74, 6) is -1.53. The zero-order chi connectivity index (χ0) is 10.7. The number of hydrogen-bond acceptors (Lipinski definition) is 3. The SMILES string of the molecule is COc1c(C(=O)O)ccc(F)c1SC. The molecule has 0 saturated carbocycles. The van der Waals surface area contributed by atoms with Gasteiger partial charge in [0.25, 0.3) is 0 Å². The Balaban J connectivity index is 3.40. The van der Waals surface area contributed by atoms with Gasteiger partial charge in [-0.15, -0.1) is 11.8 Å². The maximum atomic E-state index is 13.2. The van der Waals surface area contributed by atoms with Crippen molar-refractivity contribution in [1.29, 1.82) is 0 Å². The lowest BCUT2D eigenvalue weighted by molar-refractivity contribution is 0.0692. The highest BCUT2D eigenvalue weighted by Gasteiger charge is 2.17. The Bertz CT molecular complexity index is 365. The van der Waals surface area contributed by atoms with Crippen molar-refractivity contribution in [2.24, 2.45) is 0 Å². The Morgan fingerprint density at radius 2 is 2.21 bits per heavy atom. The molecule has 76 valence electrons. The van der Waals surface area contributed by atoms with Crippen LogP contribution in [0, 0.1) is 5.82 Å². The molecule has 0 atom stereocenters. The van der Waals surface area contributed by atoms with Gasteiger partial charge in [-0.3, -0.25) is 0 Å². The van der Waals surface area contributed by atoms with Crippen LogP contribution < -0.4 is 4.74 Å². The summed E-state index contributed by atoms with van der Waals surface area (Å²) < 4.78 is 18.1. The molecule has 1 aromatic carbocycles. The minimum absolute atomic E-state index is 0.0294. The fourth-order valence-electron chi connectivity index (χ4n) is 1.10. The smallest absolute Gasteiger partial charge is 0.339 e. The minimum Gasteiger partial charge on any atom is -0.495 e. The molecule has 0 saturated heterocycles. The first-order valence-corrected chi connectivity index (χ1v) is 4.98. The monoisotopic (exact) mass is 216 g/mol. The van der Waals surface area contributed by atoms with Crippen molar-refractivity contribution in [3.63, 3.8) is 0 Å². The van der Waals surface area contributed by atoms with Gasteiger partial charge in [0.2, 0.25) is 0 Å². The number of carbonyl (C=O) groups is 1. The van der Waals surface area contributed by atoms with Crippen molar-refractivity contribution >= 4 is 17.7 Å². The van der Waals surface area contributed by atoms with Crippen molar-refractivity contribution in [3.8, 4) is 5.75 Å². The summed E-state index contributed by atoms with van der Waals surface area (Å²) in [6.45, 7) is 0. The van der Waals surface area contributed by atoms with Crippen LogP contribution in [-0.4, -0.2) is 24.4 Å². The standard InChI is InChI=1S/C9H9FO3S/c1-13-7-5(9(11)12)3-4-6(10)8(7)14-2/h3-4H,1-2H3,(H,11,12). The second kappa shape index (κ2) is 4.32. The molecular weight excluding hydrogens is 207 g/mol. The largest absolute Gasteiger partial charge is 0.495 e. The summed E-state index contributed by atoms with van der Waals surface area (Å²) in [6, 6.07) is 2.31. The van der Waals surface area contributed by atoms with Crippen molar-refractivity contribution in [2.75, 3.05) is 13.4 Å². The number of methoxy groups -OCH3 is 1. The Morgan fingerprint density at radius 3 is 2.64 bits per heavy atom. The minimum atomic E-state index is -1.13. The number of benzene rings is 1. The lowest BCUT2D eigenvalue weighted by Crippen LogP contribution is -2.02. The first-order chi connectivity index (χ1) is 6.61. The Hall–Kier alpha value is -1.23. The Morgan fingerprint density at radius 1 is 1.57 bits per heavy atom. The second-order valence-electron chi connectivity index (χ2n) is 2.47. The maximum Gasteiger partial charge on any atom is 0.339 e. The van der Waals surface area contributed by atoms with Crippen molar-refractivity contribution in [1.82, 2.24) is 0 Å². The van der Waals surface area contributed by atoms with E-state index < -0.39 is 11.8 Å². The molecule has 1 rings (SSSR count). The van der Waals surface area contributed by atoms with Gasteiger partial charge in [-0.1, -0.05) is 0 Å². The molecule has 1 aromatic rings. The molecule has 0 amide bonds. The van der Waals surface area contributed by atoms with Crippen LogP contribution in [0.1, 0.15) is 10.4 Å². The average Bonchev–Trinajstić information content (AvgIpc) is 2.16. The number of thioether (sulfide) groups is 1. The molecule has 0 spiro atoms. The van der Waals surface area contributed by atoms with Gasteiger partial charge in [0, 0.05) is 0 Å². The summed E-state index contributed by atoms with van der Waals surface area (Å²) in [6.07, 6.45) is 1.66. The van der Waals surface area contributed by atoms with Crippen LogP contribution in [0.4, 0.5) is 4.39 Å². The van der Waals surface area contributed by atoms with Gasteiger partial charge >= 0.3 is 5.97 Å². The van der Waals surface area contributed by atoms with Gasteiger partial charge in [0.15, 0.2) is 0 Å². The Kier molecular flexibility index (Phi) is 3.35. The predicted molar refractivity (Wildman–Crippen MR) is 51.7 cm³/mol. The predicted octanol–water partition coefficient (Wildman–Crippen LogP) is 2.25. The van der Waals surface area contributed by atoms with E-state index in [2.05, 4.69) is 0 Å². The molecule has 1 N–H and O–H groups in total. The highest BCUT2D eigenvalue weighted by atomic mass is 32.2. The molecule has 0 bridgehead atoms. The van der Waals surface area contributed by atoms with Gasteiger partial charge in [0.1, 0.15) is 17.1 Å². The zero-order valence-corrected chi connectivity index (χ0v) is 8.52. The molecule has 0 aliphatic rings. The molecule has 14 heavy (non-hydrogen) atoms. The number of halogens is 1. The van der Waals surface area contributed by atoms with Crippen LogP contribution >= 0.6 is 11.8 Å². The summed E-state index contributed by atoms with van der Waals surface area (Å²) in [5, 5.41) is 8.80. The molecule has 0 aliphatic heterocycles. The Labute approximate surface area is 84.9 Å². The molecular formula is C9H9FO3S. The number of hydrogen-bond donors (Lipinski definition) is 1. The lowest BCUT2D eigenvalue weighted by atomic mass is 10.2. The number of ether oxygens (including phenoxy) is 1. The van der Waals surface area contributed by atoms with Gasteiger partial charge in [-0.25, -0.2) is 9.18 Å². The topological polar surface area (TPSA) is 46.5 Å². The third-order valence-electron chi connectivity index (χ3n) is 1.70. The molecule has 0 heterocycles. The van der Waals surface area contributed by atoms with Gasteiger partial charge in [-0.05, 0) is 18.4 Å².